The lowest BCUT2D eigenvalue weighted by Gasteiger charge is -2.17. The first kappa shape index (κ1) is 16.6. The molecule has 4 nitrogen and oxygen atoms in total. The first-order chi connectivity index (χ1) is 11.0. The van der Waals surface area contributed by atoms with Gasteiger partial charge in [0.1, 0.15) is 6.10 Å². The fourth-order valence-corrected chi connectivity index (χ4v) is 4.97. The highest BCUT2D eigenvalue weighted by atomic mass is 32.2. The Bertz CT molecular complexity index is 796. The van der Waals surface area contributed by atoms with Gasteiger partial charge < -0.3 is 5.11 Å². The lowest BCUT2D eigenvalue weighted by atomic mass is 9.92. The van der Waals surface area contributed by atoms with E-state index in [2.05, 4.69) is 4.72 Å². The van der Waals surface area contributed by atoms with E-state index >= 15 is 0 Å². The minimum absolute atomic E-state index is 0.0131. The highest BCUT2D eigenvalue weighted by Crippen LogP contribution is 2.25. The fourth-order valence-electron chi connectivity index (χ4n) is 2.97. The number of nitrogens with one attached hydrogen (secondary N) is 1. The molecule has 1 atom stereocenters. The molecule has 1 unspecified atom stereocenters. The van der Waals surface area contributed by atoms with E-state index in [9.17, 15) is 13.5 Å². The van der Waals surface area contributed by atoms with Gasteiger partial charge in [-0.2, -0.15) is 0 Å². The molecule has 2 aromatic rings. The van der Waals surface area contributed by atoms with Crippen LogP contribution in [0.5, 0.6) is 0 Å². The molecule has 0 aliphatic heterocycles. The Labute approximate surface area is 141 Å². The van der Waals surface area contributed by atoms with Gasteiger partial charge in [-0.3, -0.25) is 0 Å². The van der Waals surface area contributed by atoms with Gasteiger partial charge in [0, 0.05) is 11.4 Å². The smallest absolute Gasteiger partial charge is 0.240 e. The zero-order valence-corrected chi connectivity index (χ0v) is 14.7. The molecule has 1 aromatic heterocycles. The first-order valence-electron chi connectivity index (χ1n) is 7.81. The molecule has 3 rings (SSSR count). The number of fused-ring (bicyclic) bond motifs is 1. The predicted molar refractivity (Wildman–Crippen MR) is 92.3 cm³/mol. The lowest BCUT2D eigenvalue weighted by Crippen LogP contribution is -2.28. The molecule has 0 saturated carbocycles. The number of hydrogen-bond donors (Lipinski definition) is 2. The normalized spacial score (nSPS) is 16.1. The topological polar surface area (TPSA) is 66.4 Å². The second-order valence-corrected chi connectivity index (χ2v) is 8.69. The van der Waals surface area contributed by atoms with Crippen LogP contribution >= 0.6 is 11.3 Å². The van der Waals surface area contributed by atoms with Crippen LogP contribution in [0.3, 0.4) is 0 Å². The van der Waals surface area contributed by atoms with Crippen molar-refractivity contribution in [2.75, 3.05) is 6.54 Å². The van der Waals surface area contributed by atoms with E-state index in [1.165, 1.54) is 23.3 Å². The zero-order valence-electron chi connectivity index (χ0n) is 13.1. The van der Waals surface area contributed by atoms with Gasteiger partial charge in [-0.1, -0.05) is 6.07 Å². The molecule has 0 saturated heterocycles. The molecule has 1 aliphatic rings. The highest BCUT2D eigenvalue weighted by molar-refractivity contribution is 7.89. The first-order valence-corrected chi connectivity index (χ1v) is 10.2. The molecule has 1 heterocycles. The summed E-state index contributed by atoms with van der Waals surface area (Å²) in [7, 11) is -3.60. The Morgan fingerprint density at radius 1 is 1.22 bits per heavy atom. The Morgan fingerprint density at radius 3 is 2.65 bits per heavy atom. The number of aryl methyl sites for hydroxylation is 3. The van der Waals surface area contributed by atoms with Gasteiger partial charge in [-0.15, -0.1) is 11.3 Å². The summed E-state index contributed by atoms with van der Waals surface area (Å²) in [6, 6.07) is 7.28. The molecule has 1 aliphatic carbocycles. The van der Waals surface area contributed by atoms with Crippen LogP contribution in [0.25, 0.3) is 0 Å². The van der Waals surface area contributed by atoms with Crippen molar-refractivity contribution in [1.82, 2.24) is 4.72 Å². The second kappa shape index (κ2) is 6.73. The molecule has 0 amide bonds. The van der Waals surface area contributed by atoms with E-state index in [-0.39, 0.29) is 11.4 Å². The predicted octanol–water partition coefficient (Wildman–Crippen LogP) is 2.95. The summed E-state index contributed by atoms with van der Waals surface area (Å²) in [5.74, 6) is 0. The Morgan fingerprint density at radius 2 is 1.96 bits per heavy atom. The summed E-state index contributed by atoms with van der Waals surface area (Å²) in [6.07, 6.45) is 3.43. The summed E-state index contributed by atoms with van der Waals surface area (Å²) in [6.45, 7) is 1.90. The van der Waals surface area contributed by atoms with Crippen LogP contribution in [0.2, 0.25) is 0 Å². The van der Waals surface area contributed by atoms with E-state index < -0.39 is 16.1 Å². The van der Waals surface area contributed by atoms with Crippen LogP contribution in [-0.4, -0.2) is 20.1 Å². The SMILES string of the molecule is Cc1ccsc1C(O)CNS(=O)(=O)c1ccc2c(c1)CCCC2. The van der Waals surface area contributed by atoms with E-state index in [1.807, 2.05) is 24.4 Å². The molecule has 1 aromatic carbocycles. The molecule has 6 heteroatoms. The Hall–Kier alpha value is -1.21. The van der Waals surface area contributed by atoms with Gasteiger partial charge >= 0.3 is 0 Å². The van der Waals surface area contributed by atoms with Crippen molar-refractivity contribution in [2.24, 2.45) is 0 Å². The summed E-state index contributed by atoms with van der Waals surface area (Å²) in [5, 5.41) is 12.1. The van der Waals surface area contributed by atoms with Crippen molar-refractivity contribution in [1.29, 1.82) is 0 Å². The van der Waals surface area contributed by atoms with Crippen LogP contribution in [0.4, 0.5) is 0 Å². The molecule has 0 spiro atoms. The van der Waals surface area contributed by atoms with Crippen LogP contribution in [0, 0.1) is 6.92 Å². The standard InChI is InChI=1S/C17H21NO3S2/c1-12-8-9-22-17(12)16(19)11-18-23(20,21)15-7-6-13-4-2-3-5-14(13)10-15/h6-10,16,18-19H,2-5,11H2,1H3. The number of aliphatic hydroxyl groups is 1. The maximum atomic E-state index is 12.5. The van der Waals surface area contributed by atoms with Crippen molar-refractivity contribution in [3.05, 3.63) is 51.2 Å². The minimum atomic E-state index is -3.60. The van der Waals surface area contributed by atoms with E-state index in [0.717, 1.165) is 35.3 Å². The maximum absolute atomic E-state index is 12.5. The number of thiophene rings is 1. The minimum Gasteiger partial charge on any atom is -0.386 e. The van der Waals surface area contributed by atoms with Crippen molar-refractivity contribution in [3.63, 3.8) is 0 Å². The van der Waals surface area contributed by atoms with Crippen LogP contribution in [-0.2, 0) is 22.9 Å². The van der Waals surface area contributed by atoms with Gasteiger partial charge in [-0.25, -0.2) is 13.1 Å². The van der Waals surface area contributed by atoms with Crippen molar-refractivity contribution < 1.29 is 13.5 Å². The average Bonchev–Trinajstić information content (AvgIpc) is 2.98. The molecular weight excluding hydrogens is 330 g/mol. The van der Waals surface area contributed by atoms with E-state index in [4.69, 9.17) is 0 Å². The summed E-state index contributed by atoms with van der Waals surface area (Å²) >= 11 is 1.44. The average molecular weight is 351 g/mol. The molecule has 0 radical (unpaired) electrons. The summed E-state index contributed by atoms with van der Waals surface area (Å²) in [4.78, 5) is 1.09. The maximum Gasteiger partial charge on any atom is 0.240 e. The molecular formula is C17H21NO3S2. The number of hydrogen-bond acceptors (Lipinski definition) is 4. The second-order valence-electron chi connectivity index (χ2n) is 5.97. The van der Waals surface area contributed by atoms with Crippen molar-refractivity contribution in [2.45, 2.75) is 43.6 Å². The monoisotopic (exact) mass is 351 g/mol. The number of sulfonamides is 1. The van der Waals surface area contributed by atoms with E-state index in [1.54, 1.807) is 12.1 Å². The number of aliphatic hydroxyl groups excluding tert-OH is 1. The molecule has 23 heavy (non-hydrogen) atoms. The third-order valence-corrected chi connectivity index (χ3v) is 6.84. The third-order valence-electron chi connectivity index (χ3n) is 4.30. The largest absolute Gasteiger partial charge is 0.386 e. The molecule has 0 bridgehead atoms. The lowest BCUT2D eigenvalue weighted by molar-refractivity contribution is 0.185. The summed E-state index contributed by atoms with van der Waals surface area (Å²) < 4.78 is 27.4. The van der Waals surface area contributed by atoms with Gasteiger partial charge in [-0.05, 0) is 72.9 Å². The molecule has 2 N–H and O–H groups in total. The van der Waals surface area contributed by atoms with Crippen LogP contribution < -0.4 is 4.72 Å². The summed E-state index contributed by atoms with van der Waals surface area (Å²) in [5.41, 5.74) is 3.37. The number of rotatable bonds is 5. The Balaban J connectivity index is 1.73. The Kier molecular flexibility index (Phi) is 4.87. The van der Waals surface area contributed by atoms with Gasteiger partial charge in [0.25, 0.3) is 0 Å². The fraction of sp³-hybridized carbons (Fsp3) is 0.412. The van der Waals surface area contributed by atoms with Gasteiger partial charge in [0.05, 0.1) is 4.90 Å². The number of benzene rings is 1. The third kappa shape index (κ3) is 3.66. The molecule has 124 valence electrons. The van der Waals surface area contributed by atoms with Gasteiger partial charge in [0.15, 0.2) is 0 Å². The van der Waals surface area contributed by atoms with Crippen molar-refractivity contribution in [3.8, 4) is 0 Å². The highest BCUT2D eigenvalue weighted by Gasteiger charge is 2.20. The zero-order chi connectivity index (χ0) is 16.4. The van der Waals surface area contributed by atoms with Crippen LogP contribution in [0.1, 0.15) is 40.5 Å². The quantitative estimate of drug-likeness (QED) is 0.870. The van der Waals surface area contributed by atoms with E-state index in [0.29, 0.717) is 0 Å². The van der Waals surface area contributed by atoms with Crippen LogP contribution in [0.15, 0.2) is 34.5 Å². The van der Waals surface area contributed by atoms with Crippen molar-refractivity contribution >= 4 is 21.4 Å². The van der Waals surface area contributed by atoms with Gasteiger partial charge in [0.2, 0.25) is 10.0 Å². The molecule has 0 fully saturated rings.